The highest BCUT2D eigenvalue weighted by Crippen LogP contribution is 2.24. The van der Waals surface area contributed by atoms with Crippen molar-refractivity contribution >= 4 is 21.7 Å². The van der Waals surface area contributed by atoms with Gasteiger partial charge in [0.1, 0.15) is 10.6 Å². The molecule has 0 aliphatic carbocycles. The van der Waals surface area contributed by atoms with Gasteiger partial charge in [0.25, 0.3) is 0 Å². The van der Waals surface area contributed by atoms with Gasteiger partial charge in [-0.05, 0) is 12.1 Å². The van der Waals surface area contributed by atoms with Crippen molar-refractivity contribution in [2.75, 3.05) is 19.6 Å². The van der Waals surface area contributed by atoms with Crippen LogP contribution in [0.15, 0.2) is 29.2 Å². The summed E-state index contributed by atoms with van der Waals surface area (Å²) in [6.07, 6.45) is 0. The van der Waals surface area contributed by atoms with Crippen molar-refractivity contribution in [1.29, 1.82) is 0 Å². The minimum absolute atomic E-state index is 0.0117. The van der Waals surface area contributed by atoms with Crippen LogP contribution in [0.5, 0.6) is 5.75 Å². The van der Waals surface area contributed by atoms with E-state index in [1.807, 2.05) is 0 Å². The van der Waals surface area contributed by atoms with Crippen LogP contribution < -0.4 is 4.74 Å². The molecule has 0 spiro atoms. The molecule has 0 saturated carbocycles. The first-order chi connectivity index (χ1) is 7.11. The molecule has 1 rings (SSSR count). The summed E-state index contributed by atoms with van der Waals surface area (Å²) in [6, 6.07) is 6.25. The maximum absolute atomic E-state index is 11.6. The zero-order valence-corrected chi connectivity index (χ0v) is 9.72. The smallest absolute Gasteiger partial charge is 0.300 e. The number of para-hydroxylation sites is 1. The van der Waals surface area contributed by atoms with E-state index in [4.69, 9.17) is 16.3 Å². The highest BCUT2D eigenvalue weighted by molar-refractivity contribution is 7.86. The fourth-order valence-electron chi connectivity index (χ4n) is 1.03. The third-order valence-corrected chi connectivity index (χ3v) is 3.16. The number of hydrogen-bond donors (Lipinski definition) is 0. The molecule has 0 radical (unpaired) electrons. The summed E-state index contributed by atoms with van der Waals surface area (Å²) in [7, 11) is -2.38. The van der Waals surface area contributed by atoms with E-state index in [1.54, 1.807) is 18.2 Å². The Kier molecular flexibility index (Phi) is 4.38. The Bertz CT molecular complexity index is 416. The van der Waals surface area contributed by atoms with E-state index in [-0.39, 0.29) is 23.1 Å². The molecule has 4 nitrogen and oxygen atoms in total. The molecule has 1 aromatic rings. The average molecular weight is 251 g/mol. The standard InChI is InChI=1S/C9H11ClO4S/c1-13-8-4-2-3-5-9(8)15(11,12)14-7-6-10/h2-5H,6-7H2,1H3. The van der Waals surface area contributed by atoms with Gasteiger partial charge in [-0.1, -0.05) is 12.1 Å². The van der Waals surface area contributed by atoms with Crippen molar-refractivity contribution in [3.05, 3.63) is 24.3 Å². The molecule has 6 heteroatoms. The molecule has 0 N–H and O–H groups in total. The van der Waals surface area contributed by atoms with Gasteiger partial charge < -0.3 is 4.74 Å². The average Bonchev–Trinajstić information content (AvgIpc) is 2.26. The van der Waals surface area contributed by atoms with Crippen LogP contribution in [0.4, 0.5) is 0 Å². The Morgan fingerprint density at radius 2 is 2.00 bits per heavy atom. The molecule has 0 aromatic heterocycles. The van der Waals surface area contributed by atoms with Gasteiger partial charge in [-0.2, -0.15) is 8.42 Å². The van der Waals surface area contributed by atoms with Crippen molar-refractivity contribution in [3.8, 4) is 5.75 Å². The summed E-state index contributed by atoms with van der Waals surface area (Å²) in [6.45, 7) is -0.0536. The summed E-state index contributed by atoms with van der Waals surface area (Å²) in [5.41, 5.74) is 0. The molecule has 0 fully saturated rings. The van der Waals surface area contributed by atoms with E-state index in [0.717, 1.165) is 0 Å². The van der Waals surface area contributed by atoms with Crippen LogP contribution in [0.1, 0.15) is 0 Å². The van der Waals surface area contributed by atoms with Crippen LogP contribution >= 0.6 is 11.6 Å². The van der Waals surface area contributed by atoms with Crippen molar-refractivity contribution in [2.45, 2.75) is 4.90 Å². The van der Waals surface area contributed by atoms with Gasteiger partial charge in [-0.25, -0.2) is 0 Å². The largest absolute Gasteiger partial charge is 0.495 e. The van der Waals surface area contributed by atoms with Gasteiger partial charge in [-0.15, -0.1) is 11.6 Å². The molecule has 0 heterocycles. The minimum Gasteiger partial charge on any atom is -0.495 e. The number of methoxy groups -OCH3 is 1. The predicted octanol–water partition coefficient (Wildman–Crippen LogP) is 1.64. The van der Waals surface area contributed by atoms with Crippen molar-refractivity contribution in [3.63, 3.8) is 0 Å². The lowest BCUT2D eigenvalue weighted by molar-refractivity contribution is 0.334. The Morgan fingerprint density at radius 3 is 2.60 bits per heavy atom. The third kappa shape index (κ3) is 3.09. The Hall–Kier alpha value is -0.780. The molecule has 15 heavy (non-hydrogen) atoms. The van der Waals surface area contributed by atoms with Gasteiger partial charge in [0, 0.05) is 5.88 Å². The van der Waals surface area contributed by atoms with Crippen molar-refractivity contribution < 1.29 is 17.3 Å². The Balaban J connectivity index is 3.04. The summed E-state index contributed by atoms with van der Waals surface area (Å²) < 4.78 is 32.8. The van der Waals surface area contributed by atoms with E-state index in [9.17, 15) is 8.42 Å². The molecule has 1 aromatic carbocycles. The second kappa shape index (κ2) is 5.34. The van der Waals surface area contributed by atoms with Crippen LogP contribution in [0.3, 0.4) is 0 Å². The van der Waals surface area contributed by atoms with E-state index >= 15 is 0 Å². The van der Waals surface area contributed by atoms with E-state index in [2.05, 4.69) is 4.18 Å². The Morgan fingerprint density at radius 1 is 1.33 bits per heavy atom. The first kappa shape index (κ1) is 12.3. The lowest BCUT2D eigenvalue weighted by Crippen LogP contribution is -2.09. The van der Waals surface area contributed by atoms with Gasteiger partial charge in [0.15, 0.2) is 0 Å². The molecule has 0 aliphatic rings. The molecular weight excluding hydrogens is 240 g/mol. The fourth-order valence-corrected chi connectivity index (χ4v) is 2.27. The normalized spacial score (nSPS) is 11.3. The molecule has 84 valence electrons. The van der Waals surface area contributed by atoms with Crippen LogP contribution in [0.25, 0.3) is 0 Å². The zero-order chi connectivity index (χ0) is 11.3. The summed E-state index contributed by atoms with van der Waals surface area (Å²) in [5, 5.41) is 0. The molecule has 0 unspecified atom stereocenters. The SMILES string of the molecule is COc1ccccc1S(=O)(=O)OCCCl. The molecule has 0 aliphatic heterocycles. The lowest BCUT2D eigenvalue weighted by atomic mass is 10.3. The summed E-state index contributed by atoms with van der Waals surface area (Å²) >= 11 is 5.35. The maximum Gasteiger partial charge on any atom is 0.300 e. The van der Waals surface area contributed by atoms with E-state index < -0.39 is 10.1 Å². The molecule has 0 saturated heterocycles. The topological polar surface area (TPSA) is 52.6 Å². The second-order valence-electron chi connectivity index (χ2n) is 2.62. The number of alkyl halides is 1. The lowest BCUT2D eigenvalue weighted by Gasteiger charge is -2.08. The van der Waals surface area contributed by atoms with Crippen LogP contribution in [0.2, 0.25) is 0 Å². The minimum atomic E-state index is -3.77. The third-order valence-electron chi connectivity index (χ3n) is 1.65. The summed E-state index contributed by atoms with van der Waals surface area (Å²) in [5.74, 6) is 0.376. The molecule has 0 amide bonds. The maximum atomic E-state index is 11.6. The number of benzene rings is 1. The second-order valence-corrected chi connectivity index (χ2v) is 4.58. The zero-order valence-electron chi connectivity index (χ0n) is 8.14. The predicted molar refractivity (Wildman–Crippen MR) is 56.9 cm³/mol. The molecular formula is C9H11ClO4S. The van der Waals surface area contributed by atoms with Crippen molar-refractivity contribution in [2.24, 2.45) is 0 Å². The van der Waals surface area contributed by atoms with Gasteiger partial charge >= 0.3 is 10.1 Å². The van der Waals surface area contributed by atoms with Gasteiger partial charge in [0.2, 0.25) is 0 Å². The first-order valence-electron chi connectivity index (χ1n) is 4.20. The summed E-state index contributed by atoms with van der Waals surface area (Å²) in [4.78, 5) is 0.0117. The number of rotatable bonds is 5. The van der Waals surface area contributed by atoms with Gasteiger partial charge in [-0.3, -0.25) is 4.18 Å². The monoisotopic (exact) mass is 250 g/mol. The van der Waals surface area contributed by atoms with Crippen LogP contribution in [0, 0.1) is 0 Å². The highest BCUT2D eigenvalue weighted by Gasteiger charge is 2.19. The highest BCUT2D eigenvalue weighted by atomic mass is 35.5. The van der Waals surface area contributed by atoms with E-state index in [1.165, 1.54) is 13.2 Å². The van der Waals surface area contributed by atoms with Gasteiger partial charge in [0.05, 0.1) is 13.7 Å². The van der Waals surface area contributed by atoms with E-state index in [0.29, 0.717) is 0 Å². The Labute approximate surface area is 93.9 Å². The van der Waals surface area contributed by atoms with Crippen molar-refractivity contribution in [1.82, 2.24) is 0 Å². The molecule has 0 bridgehead atoms. The quantitative estimate of drug-likeness (QED) is 0.589. The number of hydrogen-bond acceptors (Lipinski definition) is 4. The fraction of sp³-hybridized carbons (Fsp3) is 0.333. The first-order valence-corrected chi connectivity index (χ1v) is 6.14. The van der Waals surface area contributed by atoms with Crippen LogP contribution in [-0.4, -0.2) is 28.0 Å². The number of ether oxygens (including phenoxy) is 1. The molecule has 0 atom stereocenters. The number of halogens is 1. The van der Waals surface area contributed by atoms with Crippen LogP contribution in [-0.2, 0) is 14.3 Å².